The van der Waals surface area contributed by atoms with E-state index in [2.05, 4.69) is 20.6 Å². The zero-order chi connectivity index (χ0) is 23.5. The van der Waals surface area contributed by atoms with E-state index in [4.69, 9.17) is 0 Å². The van der Waals surface area contributed by atoms with Gasteiger partial charge in [-0.2, -0.15) is 0 Å². The molecule has 1 unspecified atom stereocenters. The molecule has 0 bridgehead atoms. The van der Waals surface area contributed by atoms with E-state index in [1.54, 1.807) is 55.0 Å². The number of carbonyl (C=O) groups excluding carboxylic acids is 2. The number of phenols is 1. The molecule has 4 N–H and O–H groups in total. The molecule has 7 heteroatoms. The number of rotatable bonds is 6. The highest BCUT2D eigenvalue weighted by Crippen LogP contribution is 2.23. The van der Waals surface area contributed by atoms with Crippen LogP contribution in [0.4, 0.5) is 5.69 Å². The number of hydrogen-bond acceptors (Lipinski definition) is 4. The molecule has 3 aromatic carbocycles. The number of H-pyrrole nitrogens is 1. The highest BCUT2D eigenvalue weighted by atomic mass is 16.3. The fraction of sp³-hybridized carbons (Fsp3) is 0.0741. The van der Waals surface area contributed by atoms with Crippen molar-refractivity contribution in [1.82, 2.24) is 15.3 Å². The topological polar surface area (TPSA) is 107 Å². The lowest BCUT2D eigenvalue weighted by atomic mass is 10.0. The molecule has 7 nitrogen and oxygen atoms in total. The highest BCUT2D eigenvalue weighted by molar-refractivity contribution is 6.09. The number of carbonyl (C=O) groups is 2. The van der Waals surface area contributed by atoms with E-state index in [-0.39, 0.29) is 24.0 Å². The molecule has 2 heterocycles. The quantitative estimate of drug-likeness (QED) is 0.308. The Morgan fingerprint density at radius 2 is 1.76 bits per heavy atom. The van der Waals surface area contributed by atoms with Gasteiger partial charge in [0.1, 0.15) is 11.8 Å². The molecule has 0 aliphatic carbocycles. The normalized spacial score (nSPS) is 11.9. The van der Waals surface area contributed by atoms with E-state index in [0.717, 1.165) is 27.2 Å². The molecule has 0 spiro atoms. The first-order chi connectivity index (χ1) is 16.6. The number of nitrogens with zero attached hydrogens (tertiary/aromatic N) is 1. The van der Waals surface area contributed by atoms with E-state index in [1.165, 1.54) is 0 Å². The standard InChI is InChI=1S/C27H22N4O3/c32-19-9-7-17(8-10-19)15-25(31-26(33)22-4-2-5-23-21(22)12-14-29-23)27(34)30-24-6-1-3-18-16-28-13-11-20(18)24/h1-14,16,25,29,32H,15H2,(H,30,34)(H,31,33). The Bertz CT molecular complexity index is 1490. The molecule has 0 fully saturated rings. The second-order valence-electron chi connectivity index (χ2n) is 8.03. The third-order valence-electron chi connectivity index (χ3n) is 5.78. The van der Waals surface area contributed by atoms with E-state index in [1.807, 2.05) is 36.4 Å². The number of fused-ring (bicyclic) bond motifs is 2. The summed E-state index contributed by atoms with van der Waals surface area (Å²) in [7, 11) is 0. The Morgan fingerprint density at radius 1 is 0.941 bits per heavy atom. The van der Waals surface area contributed by atoms with Gasteiger partial charge in [-0.1, -0.05) is 30.3 Å². The predicted octanol–water partition coefficient (Wildman–Crippen LogP) is 4.40. The molecule has 1 atom stereocenters. The zero-order valence-corrected chi connectivity index (χ0v) is 18.2. The second kappa shape index (κ2) is 9.07. The second-order valence-corrected chi connectivity index (χ2v) is 8.03. The maximum Gasteiger partial charge on any atom is 0.252 e. The van der Waals surface area contributed by atoms with Crippen LogP contribution in [0.2, 0.25) is 0 Å². The van der Waals surface area contributed by atoms with E-state index in [0.29, 0.717) is 11.3 Å². The van der Waals surface area contributed by atoms with Crippen molar-refractivity contribution in [2.24, 2.45) is 0 Å². The highest BCUT2D eigenvalue weighted by Gasteiger charge is 2.23. The molecule has 0 saturated carbocycles. The number of pyridine rings is 1. The Hall–Kier alpha value is -4.65. The maximum absolute atomic E-state index is 13.4. The van der Waals surface area contributed by atoms with Crippen molar-refractivity contribution in [1.29, 1.82) is 0 Å². The van der Waals surface area contributed by atoms with Crippen LogP contribution in [0.15, 0.2) is 91.4 Å². The summed E-state index contributed by atoms with van der Waals surface area (Å²) >= 11 is 0. The van der Waals surface area contributed by atoms with Gasteiger partial charge in [0.15, 0.2) is 0 Å². The Labute approximate surface area is 195 Å². The first-order valence-corrected chi connectivity index (χ1v) is 10.9. The summed E-state index contributed by atoms with van der Waals surface area (Å²) in [6, 6.07) is 20.4. The summed E-state index contributed by atoms with van der Waals surface area (Å²) in [5.41, 5.74) is 2.78. The minimum atomic E-state index is -0.844. The number of aromatic amines is 1. The fourth-order valence-electron chi connectivity index (χ4n) is 4.05. The van der Waals surface area contributed by atoms with Crippen molar-refractivity contribution in [2.45, 2.75) is 12.5 Å². The summed E-state index contributed by atoms with van der Waals surface area (Å²) in [5, 5.41) is 18.0. The van der Waals surface area contributed by atoms with Gasteiger partial charge in [0.05, 0.1) is 0 Å². The molecule has 168 valence electrons. The van der Waals surface area contributed by atoms with Crippen molar-refractivity contribution in [2.75, 3.05) is 5.32 Å². The Morgan fingerprint density at radius 3 is 2.62 bits per heavy atom. The number of nitrogens with one attached hydrogen (secondary N) is 3. The molecule has 0 aliphatic heterocycles. The average molecular weight is 450 g/mol. The number of anilines is 1. The molecule has 0 radical (unpaired) electrons. The molecular formula is C27H22N4O3. The zero-order valence-electron chi connectivity index (χ0n) is 18.2. The van der Waals surface area contributed by atoms with Gasteiger partial charge in [-0.25, -0.2) is 0 Å². The fourth-order valence-corrected chi connectivity index (χ4v) is 4.05. The van der Waals surface area contributed by atoms with Crippen LogP contribution in [0.1, 0.15) is 15.9 Å². The van der Waals surface area contributed by atoms with Gasteiger partial charge in [-0.05, 0) is 48.0 Å². The van der Waals surface area contributed by atoms with Crippen LogP contribution in [0.25, 0.3) is 21.7 Å². The first-order valence-electron chi connectivity index (χ1n) is 10.9. The van der Waals surface area contributed by atoms with E-state index < -0.39 is 6.04 Å². The summed E-state index contributed by atoms with van der Waals surface area (Å²) in [6.07, 6.45) is 5.44. The molecule has 2 amide bonds. The van der Waals surface area contributed by atoms with E-state index >= 15 is 0 Å². The van der Waals surface area contributed by atoms with Crippen molar-refractivity contribution < 1.29 is 14.7 Å². The molecular weight excluding hydrogens is 428 g/mol. The molecule has 5 aromatic rings. The van der Waals surface area contributed by atoms with Crippen molar-refractivity contribution >= 4 is 39.2 Å². The number of amides is 2. The number of phenolic OH excluding ortho intramolecular Hbond substituents is 1. The van der Waals surface area contributed by atoms with Crippen LogP contribution in [-0.2, 0) is 11.2 Å². The maximum atomic E-state index is 13.4. The van der Waals surface area contributed by atoms with Crippen molar-refractivity contribution in [3.8, 4) is 5.75 Å². The number of hydrogen-bond donors (Lipinski definition) is 4. The summed E-state index contributed by atoms with van der Waals surface area (Å²) in [5.74, 6) is -0.546. The van der Waals surface area contributed by atoms with Gasteiger partial charge in [0.2, 0.25) is 5.91 Å². The van der Waals surface area contributed by atoms with E-state index in [9.17, 15) is 14.7 Å². The van der Waals surface area contributed by atoms with Crippen LogP contribution in [0.3, 0.4) is 0 Å². The molecule has 0 aliphatic rings. The monoisotopic (exact) mass is 450 g/mol. The number of aromatic nitrogens is 2. The number of aromatic hydroxyl groups is 1. The van der Waals surface area contributed by atoms with Gasteiger partial charge >= 0.3 is 0 Å². The SMILES string of the molecule is O=C(NC(Cc1ccc(O)cc1)C(=O)Nc1cccc2cnccc12)c1cccc2[nH]ccc12. The predicted molar refractivity (Wildman–Crippen MR) is 132 cm³/mol. The van der Waals surface area contributed by atoms with Gasteiger partial charge in [0.25, 0.3) is 5.91 Å². The lowest BCUT2D eigenvalue weighted by molar-refractivity contribution is -0.118. The largest absolute Gasteiger partial charge is 0.508 e. The van der Waals surface area contributed by atoms with Crippen LogP contribution in [0.5, 0.6) is 5.75 Å². The minimum absolute atomic E-state index is 0.136. The smallest absolute Gasteiger partial charge is 0.252 e. The Balaban J connectivity index is 1.44. The average Bonchev–Trinajstić information content (AvgIpc) is 3.34. The minimum Gasteiger partial charge on any atom is -0.508 e. The molecule has 2 aromatic heterocycles. The lowest BCUT2D eigenvalue weighted by Crippen LogP contribution is -2.45. The molecule has 34 heavy (non-hydrogen) atoms. The van der Waals surface area contributed by atoms with Crippen molar-refractivity contribution in [3.63, 3.8) is 0 Å². The first kappa shape index (κ1) is 21.2. The summed E-state index contributed by atoms with van der Waals surface area (Å²) in [4.78, 5) is 33.9. The van der Waals surface area contributed by atoms with Gasteiger partial charge in [0, 0.05) is 57.9 Å². The summed E-state index contributed by atoms with van der Waals surface area (Å²) in [6.45, 7) is 0. The summed E-state index contributed by atoms with van der Waals surface area (Å²) < 4.78 is 0. The van der Waals surface area contributed by atoms with Gasteiger partial charge < -0.3 is 20.7 Å². The third kappa shape index (κ3) is 4.31. The molecule has 5 rings (SSSR count). The number of benzene rings is 3. The van der Waals surface area contributed by atoms with Crippen LogP contribution in [0, 0.1) is 0 Å². The van der Waals surface area contributed by atoms with Crippen molar-refractivity contribution in [3.05, 3.63) is 103 Å². The Kier molecular flexibility index (Phi) is 5.66. The van der Waals surface area contributed by atoms with Crippen LogP contribution < -0.4 is 10.6 Å². The lowest BCUT2D eigenvalue weighted by Gasteiger charge is -2.20. The van der Waals surface area contributed by atoms with Crippen LogP contribution >= 0.6 is 0 Å². The molecule has 0 saturated heterocycles. The van der Waals surface area contributed by atoms with Gasteiger partial charge in [-0.15, -0.1) is 0 Å². The van der Waals surface area contributed by atoms with Gasteiger partial charge in [-0.3, -0.25) is 14.6 Å². The third-order valence-corrected chi connectivity index (χ3v) is 5.78. The van der Waals surface area contributed by atoms with Crippen LogP contribution in [-0.4, -0.2) is 32.9 Å².